The van der Waals surface area contributed by atoms with Crippen molar-refractivity contribution in [1.29, 1.82) is 0 Å². The minimum Gasteiger partial charge on any atom is -0.0907 e. The summed E-state index contributed by atoms with van der Waals surface area (Å²) in [5.41, 5.74) is 0. The van der Waals surface area contributed by atoms with Gasteiger partial charge in [0, 0.05) is 10.5 Å². The highest BCUT2D eigenvalue weighted by Crippen LogP contribution is 2.35. The van der Waals surface area contributed by atoms with Crippen LogP contribution in [0.25, 0.3) is 0 Å². The van der Waals surface area contributed by atoms with Crippen molar-refractivity contribution < 1.29 is 0 Å². The molecule has 0 aliphatic carbocycles. The normalized spacial score (nSPS) is 14.7. The Kier molecular flexibility index (Phi) is 14.7. The van der Waals surface area contributed by atoms with Crippen LogP contribution in [0.4, 0.5) is 0 Å². The van der Waals surface area contributed by atoms with E-state index >= 15 is 0 Å². The number of unbranched alkanes of at least 4 members (excludes halogenated alkanes) is 6. The number of hydrogen-bond acceptors (Lipinski definition) is 2. The van der Waals surface area contributed by atoms with Crippen LogP contribution in [0.15, 0.2) is 0 Å². The summed E-state index contributed by atoms with van der Waals surface area (Å²) in [7, 11) is 4.25. The fourth-order valence-electron chi connectivity index (χ4n) is 2.00. The maximum absolute atomic E-state index is 2.40. The second-order valence-corrected chi connectivity index (χ2v) is 8.66. The Morgan fingerprint density at radius 1 is 0.611 bits per heavy atom. The quantitative estimate of drug-likeness (QED) is 0.262. The highest BCUT2D eigenvalue weighted by atomic mass is 33.1. The van der Waals surface area contributed by atoms with Crippen molar-refractivity contribution in [2.75, 3.05) is 0 Å². The van der Waals surface area contributed by atoms with Crippen molar-refractivity contribution in [3.05, 3.63) is 0 Å². The summed E-state index contributed by atoms with van der Waals surface area (Å²) in [6.45, 7) is 9.36. The fraction of sp³-hybridized carbons (Fsp3) is 1.00. The lowest BCUT2D eigenvalue weighted by atomic mass is 10.1. The molecule has 0 nitrogen and oxygen atoms in total. The van der Waals surface area contributed by atoms with Gasteiger partial charge in [0.15, 0.2) is 0 Å². The average molecular weight is 291 g/mol. The van der Waals surface area contributed by atoms with Crippen LogP contribution in [0, 0.1) is 0 Å². The molecule has 0 saturated heterocycles. The monoisotopic (exact) mass is 290 g/mol. The van der Waals surface area contributed by atoms with E-state index in [2.05, 4.69) is 49.3 Å². The molecule has 0 heterocycles. The van der Waals surface area contributed by atoms with Gasteiger partial charge in [-0.1, -0.05) is 101 Å². The van der Waals surface area contributed by atoms with Crippen LogP contribution in [0.3, 0.4) is 0 Å². The first kappa shape index (κ1) is 18.7. The van der Waals surface area contributed by atoms with Gasteiger partial charge in [0.1, 0.15) is 0 Å². The third-order valence-electron chi connectivity index (χ3n) is 3.31. The van der Waals surface area contributed by atoms with Crippen LogP contribution in [0.1, 0.15) is 91.9 Å². The van der Waals surface area contributed by atoms with Gasteiger partial charge in [0.25, 0.3) is 0 Å². The summed E-state index contributed by atoms with van der Waals surface area (Å²) in [6, 6.07) is 0. The molecule has 2 atom stereocenters. The van der Waals surface area contributed by atoms with Crippen molar-refractivity contribution in [3.8, 4) is 0 Å². The van der Waals surface area contributed by atoms with Gasteiger partial charge in [0.2, 0.25) is 0 Å². The van der Waals surface area contributed by atoms with E-state index in [4.69, 9.17) is 0 Å². The third-order valence-corrected chi connectivity index (χ3v) is 6.86. The van der Waals surface area contributed by atoms with Gasteiger partial charge in [-0.3, -0.25) is 0 Å². The van der Waals surface area contributed by atoms with Crippen LogP contribution < -0.4 is 0 Å². The third kappa shape index (κ3) is 13.1. The molecule has 0 fully saturated rings. The van der Waals surface area contributed by atoms with E-state index in [0.29, 0.717) is 0 Å². The van der Waals surface area contributed by atoms with E-state index < -0.39 is 0 Å². The Morgan fingerprint density at radius 3 is 1.33 bits per heavy atom. The number of rotatable bonds is 13. The summed E-state index contributed by atoms with van der Waals surface area (Å²) in [6.07, 6.45) is 14.0. The maximum Gasteiger partial charge on any atom is 0.0123 e. The van der Waals surface area contributed by atoms with E-state index in [-0.39, 0.29) is 0 Å². The highest BCUT2D eigenvalue weighted by Gasteiger charge is 2.07. The van der Waals surface area contributed by atoms with Crippen molar-refractivity contribution in [1.82, 2.24) is 0 Å². The first-order chi connectivity index (χ1) is 8.70. The molecule has 0 aliphatic heterocycles. The predicted molar refractivity (Wildman–Crippen MR) is 91.6 cm³/mol. The second-order valence-electron chi connectivity index (χ2n) is 5.51. The van der Waals surface area contributed by atoms with Gasteiger partial charge in [-0.15, -0.1) is 0 Å². The Morgan fingerprint density at radius 2 is 1.00 bits per heavy atom. The van der Waals surface area contributed by atoms with Crippen LogP contribution >= 0.6 is 21.6 Å². The number of hydrogen-bond donors (Lipinski definition) is 0. The summed E-state index contributed by atoms with van der Waals surface area (Å²) in [4.78, 5) is 0. The Labute approximate surface area is 124 Å². The van der Waals surface area contributed by atoms with Crippen LogP contribution in [-0.4, -0.2) is 10.5 Å². The molecule has 0 spiro atoms. The van der Waals surface area contributed by atoms with Crippen LogP contribution in [-0.2, 0) is 0 Å². The summed E-state index contributed by atoms with van der Waals surface area (Å²) >= 11 is 0. The first-order valence-corrected chi connectivity index (χ1v) is 10.3. The van der Waals surface area contributed by atoms with Gasteiger partial charge < -0.3 is 0 Å². The zero-order valence-electron chi connectivity index (χ0n) is 13.0. The summed E-state index contributed by atoms with van der Waals surface area (Å²) in [5, 5.41) is 1.68. The van der Waals surface area contributed by atoms with E-state index in [1.807, 2.05) is 0 Å². The molecule has 0 radical (unpaired) electrons. The molecule has 0 saturated carbocycles. The van der Waals surface area contributed by atoms with Crippen molar-refractivity contribution in [3.63, 3.8) is 0 Å². The van der Waals surface area contributed by atoms with Gasteiger partial charge in [-0.25, -0.2) is 0 Å². The van der Waals surface area contributed by atoms with Gasteiger partial charge >= 0.3 is 0 Å². The van der Waals surface area contributed by atoms with Crippen molar-refractivity contribution >= 4 is 21.6 Å². The Hall–Kier alpha value is 0.700. The largest absolute Gasteiger partial charge is 0.0907 e. The average Bonchev–Trinajstić information content (AvgIpc) is 2.37. The Balaban J connectivity index is 3.32. The molecule has 2 unspecified atom stereocenters. The predicted octanol–water partition coefficient (Wildman–Crippen LogP) is 7.09. The SMILES string of the molecule is CCCCCCC(C)SSC(C)CCCCCC. The van der Waals surface area contributed by atoms with E-state index in [1.54, 1.807) is 0 Å². The maximum atomic E-state index is 2.40. The van der Waals surface area contributed by atoms with Crippen LogP contribution in [0.5, 0.6) is 0 Å². The topological polar surface area (TPSA) is 0 Å². The fourth-order valence-corrected chi connectivity index (χ4v) is 4.62. The second kappa shape index (κ2) is 14.1. The molecule has 2 heteroatoms. The zero-order chi connectivity index (χ0) is 13.6. The van der Waals surface area contributed by atoms with E-state index in [1.165, 1.54) is 64.2 Å². The Bertz CT molecular complexity index is 141. The minimum atomic E-state index is 0.838. The summed E-state index contributed by atoms with van der Waals surface area (Å²) < 4.78 is 0. The van der Waals surface area contributed by atoms with Gasteiger partial charge in [0.05, 0.1) is 0 Å². The molecule has 0 aromatic heterocycles. The molecule has 0 aromatic rings. The highest BCUT2D eigenvalue weighted by molar-refractivity contribution is 8.77. The standard InChI is InChI=1S/C16H34S2/c1-5-7-9-11-13-15(3)17-18-16(4)14-12-10-8-6-2/h15-16H,5-14H2,1-4H3. The van der Waals surface area contributed by atoms with E-state index in [0.717, 1.165) is 10.5 Å². The lowest BCUT2D eigenvalue weighted by Gasteiger charge is -2.14. The van der Waals surface area contributed by atoms with E-state index in [9.17, 15) is 0 Å². The molecular weight excluding hydrogens is 256 g/mol. The molecule has 0 amide bonds. The van der Waals surface area contributed by atoms with Crippen molar-refractivity contribution in [2.24, 2.45) is 0 Å². The van der Waals surface area contributed by atoms with Gasteiger partial charge in [-0.2, -0.15) is 0 Å². The summed E-state index contributed by atoms with van der Waals surface area (Å²) in [5.74, 6) is 0. The van der Waals surface area contributed by atoms with Crippen molar-refractivity contribution in [2.45, 2.75) is 102 Å². The zero-order valence-corrected chi connectivity index (χ0v) is 14.7. The molecule has 0 bridgehead atoms. The molecule has 0 aliphatic rings. The molecule has 110 valence electrons. The minimum absolute atomic E-state index is 0.838. The van der Waals surface area contributed by atoms with Crippen LogP contribution in [0.2, 0.25) is 0 Å². The smallest absolute Gasteiger partial charge is 0.0123 e. The van der Waals surface area contributed by atoms with Gasteiger partial charge in [-0.05, 0) is 12.8 Å². The molecule has 0 aromatic carbocycles. The molecule has 0 N–H and O–H groups in total. The molecule has 0 rings (SSSR count). The molecule has 18 heavy (non-hydrogen) atoms. The lowest BCUT2D eigenvalue weighted by Crippen LogP contribution is -1.98. The lowest BCUT2D eigenvalue weighted by molar-refractivity contribution is 0.630. The molecular formula is C16H34S2. The first-order valence-electron chi connectivity index (χ1n) is 8.02.